The average Bonchev–Trinajstić information content (AvgIpc) is 2.45. The molecule has 1 N–H and O–H groups in total. The molecule has 21 heavy (non-hydrogen) atoms. The number of nitrogens with one attached hydrogen (secondary N) is 1. The van der Waals surface area contributed by atoms with Crippen LogP contribution in [-0.4, -0.2) is 23.9 Å². The monoisotopic (exact) mass is 301 g/mol. The van der Waals surface area contributed by atoms with Gasteiger partial charge >= 0.3 is 0 Å². The van der Waals surface area contributed by atoms with Crippen molar-refractivity contribution in [1.82, 2.24) is 4.90 Å². The fourth-order valence-corrected chi connectivity index (χ4v) is 1.79. The maximum atomic E-state index is 12.1. The number of amides is 1. The molecule has 0 saturated heterocycles. The number of hydrogen-bond acceptors (Lipinski definition) is 3. The molecule has 0 aliphatic rings. The molecule has 0 bridgehead atoms. The highest BCUT2D eigenvalue weighted by atomic mass is 35.5. The lowest BCUT2D eigenvalue weighted by Crippen LogP contribution is -2.21. The van der Waals surface area contributed by atoms with Crippen LogP contribution in [0.4, 0.5) is 5.69 Å². The van der Waals surface area contributed by atoms with E-state index >= 15 is 0 Å². The molecule has 1 amide bonds. The van der Waals surface area contributed by atoms with Gasteiger partial charge in [0.2, 0.25) is 0 Å². The Morgan fingerprint density at radius 1 is 1.38 bits per heavy atom. The number of carbonyl (C=O) groups excluding carboxylic acids is 1. The zero-order valence-electron chi connectivity index (χ0n) is 11.6. The van der Waals surface area contributed by atoms with Crippen LogP contribution >= 0.6 is 11.6 Å². The van der Waals surface area contributed by atoms with Gasteiger partial charge in [-0.25, -0.2) is 0 Å². The van der Waals surface area contributed by atoms with Crippen molar-refractivity contribution in [3.8, 4) is 6.07 Å². The zero-order valence-corrected chi connectivity index (χ0v) is 12.3. The Morgan fingerprint density at radius 2 is 2.05 bits per heavy atom. The van der Waals surface area contributed by atoms with E-state index in [1.165, 1.54) is 6.20 Å². The van der Waals surface area contributed by atoms with Gasteiger partial charge in [0.25, 0.3) is 5.91 Å². The van der Waals surface area contributed by atoms with E-state index in [1.54, 1.807) is 41.3 Å². The van der Waals surface area contributed by atoms with Gasteiger partial charge in [0.15, 0.2) is 0 Å². The van der Waals surface area contributed by atoms with E-state index in [4.69, 9.17) is 16.9 Å². The highest BCUT2D eigenvalue weighted by Crippen LogP contribution is 2.15. The minimum absolute atomic E-state index is 0.00123. The van der Waals surface area contributed by atoms with Crippen LogP contribution in [0.2, 0.25) is 5.02 Å². The standard InChI is InChI=1S/C16H16ClN3O/c1-3-8-20(9-4-2)12-13(11-18)16(21)19-15-7-5-6-14(17)10-15/h3-7,10,12H,1-2,8-9H2,(H,19,21)/b13-12-. The zero-order chi connectivity index (χ0) is 15.7. The Morgan fingerprint density at radius 3 is 2.57 bits per heavy atom. The van der Waals surface area contributed by atoms with Gasteiger partial charge in [0, 0.05) is 30.0 Å². The average molecular weight is 302 g/mol. The van der Waals surface area contributed by atoms with E-state index in [1.807, 2.05) is 6.07 Å². The van der Waals surface area contributed by atoms with Gasteiger partial charge < -0.3 is 10.2 Å². The van der Waals surface area contributed by atoms with Crippen molar-refractivity contribution >= 4 is 23.2 Å². The van der Waals surface area contributed by atoms with Crippen molar-refractivity contribution in [1.29, 1.82) is 5.26 Å². The van der Waals surface area contributed by atoms with Crippen molar-refractivity contribution in [2.45, 2.75) is 0 Å². The predicted octanol–water partition coefficient (Wildman–Crippen LogP) is 3.36. The van der Waals surface area contributed by atoms with E-state index in [2.05, 4.69) is 18.5 Å². The van der Waals surface area contributed by atoms with Crippen molar-refractivity contribution in [2.75, 3.05) is 18.4 Å². The quantitative estimate of drug-likeness (QED) is 0.477. The molecule has 0 fully saturated rings. The summed E-state index contributed by atoms with van der Waals surface area (Å²) in [6.07, 6.45) is 4.86. The number of nitriles is 1. The first-order valence-corrected chi connectivity index (χ1v) is 6.63. The fraction of sp³-hybridized carbons (Fsp3) is 0.125. The molecule has 0 radical (unpaired) electrons. The first-order chi connectivity index (χ1) is 10.1. The molecular weight excluding hydrogens is 286 g/mol. The number of anilines is 1. The van der Waals surface area contributed by atoms with Crippen LogP contribution in [0.25, 0.3) is 0 Å². The molecule has 1 aromatic rings. The van der Waals surface area contributed by atoms with E-state index in [0.29, 0.717) is 23.8 Å². The third-order valence-electron chi connectivity index (χ3n) is 2.49. The molecule has 108 valence electrons. The lowest BCUT2D eigenvalue weighted by atomic mass is 10.2. The topological polar surface area (TPSA) is 56.1 Å². The van der Waals surface area contributed by atoms with Crippen LogP contribution in [0, 0.1) is 11.3 Å². The first kappa shape index (κ1) is 16.5. The second-order valence-corrected chi connectivity index (χ2v) is 4.59. The highest BCUT2D eigenvalue weighted by molar-refractivity contribution is 6.31. The van der Waals surface area contributed by atoms with Crippen molar-refractivity contribution < 1.29 is 4.79 Å². The number of rotatable bonds is 7. The lowest BCUT2D eigenvalue weighted by Gasteiger charge is -2.16. The van der Waals surface area contributed by atoms with Crippen molar-refractivity contribution in [3.05, 3.63) is 66.4 Å². The Labute approximate surface area is 129 Å². The molecule has 0 saturated carbocycles. The highest BCUT2D eigenvalue weighted by Gasteiger charge is 2.11. The van der Waals surface area contributed by atoms with E-state index < -0.39 is 5.91 Å². The number of halogens is 1. The molecule has 4 nitrogen and oxygen atoms in total. The summed E-state index contributed by atoms with van der Waals surface area (Å²) in [5.41, 5.74) is 0.534. The summed E-state index contributed by atoms with van der Waals surface area (Å²) >= 11 is 5.85. The maximum Gasteiger partial charge on any atom is 0.267 e. The van der Waals surface area contributed by atoms with Crippen LogP contribution in [0.15, 0.2) is 61.3 Å². The molecule has 0 heterocycles. The van der Waals surface area contributed by atoms with Crippen LogP contribution in [-0.2, 0) is 4.79 Å². The largest absolute Gasteiger partial charge is 0.369 e. The number of hydrogen-bond donors (Lipinski definition) is 1. The minimum Gasteiger partial charge on any atom is -0.369 e. The van der Waals surface area contributed by atoms with Crippen LogP contribution < -0.4 is 5.32 Å². The van der Waals surface area contributed by atoms with Crippen LogP contribution in [0.5, 0.6) is 0 Å². The molecule has 0 atom stereocenters. The molecule has 0 aliphatic carbocycles. The van der Waals surface area contributed by atoms with E-state index in [0.717, 1.165) is 0 Å². The number of nitrogens with zero attached hydrogens (tertiary/aromatic N) is 2. The molecular formula is C16H16ClN3O. The van der Waals surface area contributed by atoms with Gasteiger partial charge in [-0.05, 0) is 18.2 Å². The molecule has 1 aromatic carbocycles. The molecule has 0 unspecified atom stereocenters. The van der Waals surface area contributed by atoms with Gasteiger partial charge in [-0.15, -0.1) is 13.2 Å². The van der Waals surface area contributed by atoms with Crippen molar-refractivity contribution in [3.63, 3.8) is 0 Å². The lowest BCUT2D eigenvalue weighted by molar-refractivity contribution is -0.112. The van der Waals surface area contributed by atoms with Crippen LogP contribution in [0.3, 0.4) is 0 Å². The Balaban J connectivity index is 2.87. The summed E-state index contributed by atoms with van der Waals surface area (Å²) < 4.78 is 0. The first-order valence-electron chi connectivity index (χ1n) is 6.25. The summed E-state index contributed by atoms with van der Waals surface area (Å²) in [5.74, 6) is -0.488. The second-order valence-electron chi connectivity index (χ2n) is 4.15. The van der Waals surface area contributed by atoms with Gasteiger partial charge in [0.1, 0.15) is 11.6 Å². The fourth-order valence-electron chi connectivity index (χ4n) is 1.60. The molecule has 0 aliphatic heterocycles. The Kier molecular flexibility index (Phi) is 6.79. The van der Waals surface area contributed by atoms with Gasteiger partial charge in [-0.1, -0.05) is 29.8 Å². The SMILES string of the molecule is C=CCN(/C=C(/C#N)C(=O)Nc1cccc(Cl)c1)CC=C. The smallest absolute Gasteiger partial charge is 0.267 e. The summed E-state index contributed by atoms with van der Waals surface area (Å²) in [6, 6.07) is 8.62. The second kappa shape index (κ2) is 8.62. The Hall–Kier alpha value is -2.51. The van der Waals surface area contributed by atoms with Crippen LogP contribution in [0.1, 0.15) is 0 Å². The van der Waals surface area contributed by atoms with Crippen molar-refractivity contribution in [2.24, 2.45) is 0 Å². The minimum atomic E-state index is -0.488. The summed E-state index contributed by atoms with van der Waals surface area (Å²) in [6.45, 7) is 8.30. The predicted molar refractivity (Wildman–Crippen MR) is 85.7 cm³/mol. The third-order valence-corrected chi connectivity index (χ3v) is 2.72. The Bertz CT molecular complexity index is 592. The third kappa shape index (κ3) is 5.55. The summed E-state index contributed by atoms with van der Waals surface area (Å²) in [4.78, 5) is 13.8. The van der Waals surface area contributed by atoms with E-state index in [9.17, 15) is 4.79 Å². The van der Waals surface area contributed by atoms with Gasteiger partial charge in [-0.2, -0.15) is 5.26 Å². The molecule has 0 aromatic heterocycles. The molecule has 0 spiro atoms. The molecule has 5 heteroatoms. The van der Waals surface area contributed by atoms with Gasteiger partial charge in [0.05, 0.1) is 0 Å². The van der Waals surface area contributed by atoms with E-state index in [-0.39, 0.29) is 5.57 Å². The normalized spacial score (nSPS) is 10.4. The number of benzene rings is 1. The summed E-state index contributed by atoms with van der Waals surface area (Å²) in [7, 11) is 0. The maximum absolute atomic E-state index is 12.1. The number of carbonyl (C=O) groups is 1. The summed E-state index contributed by atoms with van der Waals surface area (Å²) in [5, 5.41) is 12.3. The van der Waals surface area contributed by atoms with Gasteiger partial charge in [-0.3, -0.25) is 4.79 Å². The molecule has 1 rings (SSSR count).